The van der Waals surface area contributed by atoms with E-state index in [0.717, 1.165) is 6.07 Å². The lowest BCUT2D eigenvalue weighted by Crippen LogP contribution is -2.13. The number of aromatic carboxylic acids is 1. The fraction of sp³-hybridized carbons (Fsp3) is 0.263. The van der Waals surface area contributed by atoms with Gasteiger partial charge < -0.3 is 10.4 Å². The van der Waals surface area contributed by atoms with Gasteiger partial charge in [0.1, 0.15) is 0 Å². The summed E-state index contributed by atoms with van der Waals surface area (Å²) in [5, 5.41) is 11.8. The SMILES string of the molecule is CCC(=O)Nc1ccc(CCc2ccccc2C(F)(F)F)cc1C(=O)O. The van der Waals surface area contributed by atoms with Crippen LogP contribution in [0.5, 0.6) is 0 Å². The Morgan fingerprint density at radius 2 is 1.77 bits per heavy atom. The third-order valence-corrected chi connectivity index (χ3v) is 3.92. The van der Waals surface area contributed by atoms with Gasteiger partial charge in [-0.05, 0) is 42.2 Å². The molecule has 0 aromatic heterocycles. The maximum absolute atomic E-state index is 13.0. The van der Waals surface area contributed by atoms with Crippen molar-refractivity contribution in [2.24, 2.45) is 0 Å². The number of carboxylic acids is 1. The van der Waals surface area contributed by atoms with E-state index in [1.165, 1.54) is 30.3 Å². The van der Waals surface area contributed by atoms with E-state index in [9.17, 15) is 27.9 Å². The first-order valence-corrected chi connectivity index (χ1v) is 8.03. The molecule has 0 saturated heterocycles. The van der Waals surface area contributed by atoms with Crippen LogP contribution in [0.4, 0.5) is 18.9 Å². The van der Waals surface area contributed by atoms with Gasteiger partial charge in [0.25, 0.3) is 0 Å². The molecule has 26 heavy (non-hydrogen) atoms. The van der Waals surface area contributed by atoms with E-state index >= 15 is 0 Å². The van der Waals surface area contributed by atoms with Crippen molar-refractivity contribution in [1.82, 2.24) is 0 Å². The molecule has 0 bridgehead atoms. The van der Waals surface area contributed by atoms with Gasteiger partial charge in [-0.1, -0.05) is 31.2 Å². The number of anilines is 1. The summed E-state index contributed by atoms with van der Waals surface area (Å²) in [7, 11) is 0. The van der Waals surface area contributed by atoms with Crippen molar-refractivity contribution in [3.05, 3.63) is 64.7 Å². The average Bonchev–Trinajstić information content (AvgIpc) is 2.60. The van der Waals surface area contributed by atoms with Crippen molar-refractivity contribution < 1.29 is 27.9 Å². The van der Waals surface area contributed by atoms with Crippen molar-refractivity contribution in [3.63, 3.8) is 0 Å². The predicted octanol–water partition coefficient (Wildman–Crippen LogP) is 4.54. The minimum absolute atomic E-state index is 0.0894. The Bertz CT molecular complexity index is 816. The number of aryl methyl sites for hydroxylation is 2. The second-order valence-electron chi connectivity index (χ2n) is 5.74. The summed E-state index contributed by atoms with van der Waals surface area (Å²) in [6.07, 6.45) is -3.86. The van der Waals surface area contributed by atoms with E-state index in [0.29, 0.717) is 5.56 Å². The maximum Gasteiger partial charge on any atom is 0.416 e. The highest BCUT2D eigenvalue weighted by Crippen LogP contribution is 2.32. The zero-order valence-electron chi connectivity index (χ0n) is 14.1. The van der Waals surface area contributed by atoms with Gasteiger partial charge in [-0.25, -0.2) is 4.79 Å². The van der Waals surface area contributed by atoms with Crippen LogP contribution < -0.4 is 5.32 Å². The number of hydrogen-bond acceptors (Lipinski definition) is 2. The zero-order chi connectivity index (χ0) is 19.3. The van der Waals surface area contributed by atoms with E-state index in [-0.39, 0.29) is 42.0 Å². The molecule has 2 rings (SSSR count). The maximum atomic E-state index is 13.0. The predicted molar refractivity (Wildman–Crippen MR) is 91.2 cm³/mol. The third kappa shape index (κ3) is 4.84. The second kappa shape index (κ2) is 8.03. The van der Waals surface area contributed by atoms with Crippen molar-refractivity contribution in [2.75, 3.05) is 5.32 Å². The van der Waals surface area contributed by atoms with Crippen LogP contribution in [0.25, 0.3) is 0 Å². The molecular formula is C19H18F3NO3. The Labute approximate surface area is 148 Å². The number of carboxylic acid groups (broad SMARTS) is 1. The first-order chi connectivity index (χ1) is 12.2. The molecule has 2 aromatic rings. The molecule has 0 radical (unpaired) electrons. The smallest absolute Gasteiger partial charge is 0.416 e. The molecule has 0 heterocycles. The molecule has 0 aliphatic rings. The summed E-state index contributed by atoms with van der Waals surface area (Å²) in [5.74, 6) is -1.53. The van der Waals surface area contributed by atoms with Gasteiger partial charge in [-0.3, -0.25) is 4.79 Å². The molecule has 2 N–H and O–H groups in total. The first-order valence-electron chi connectivity index (χ1n) is 8.03. The van der Waals surface area contributed by atoms with E-state index in [1.54, 1.807) is 13.0 Å². The number of carbonyl (C=O) groups is 2. The van der Waals surface area contributed by atoms with Gasteiger partial charge in [0.2, 0.25) is 5.91 Å². The Balaban J connectivity index is 2.22. The van der Waals surface area contributed by atoms with Crippen molar-refractivity contribution in [2.45, 2.75) is 32.4 Å². The summed E-state index contributed by atoms with van der Waals surface area (Å²) in [6, 6.07) is 9.76. The van der Waals surface area contributed by atoms with Gasteiger partial charge in [-0.15, -0.1) is 0 Å². The molecule has 0 unspecified atom stereocenters. The lowest BCUT2D eigenvalue weighted by Gasteiger charge is -2.13. The summed E-state index contributed by atoms with van der Waals surface area (Å²) in [4.78, 5) is 22.9. The van der Waals surface area contributed by atoms with Gasteiger partial charge in [0, 0.05) is 6.42 Å². The monoisotopic (exact) mass is 365 g/mol. The first kappa shape index (κ1) is 19.5. The van der Waals surface area contributed by atoms with E-state index in [1.807, 2.05) is 0 Å². The van der Waals surface area contributed by atoms with Gasteiger partial charge in [0.15, 0.2) is 0 Å². The fourth-order valence-electron chi connectivity index (χ4n) is 2.57. The van der Waals surface area contributed by atoms with E-state index in [4.69, 9.17) is 0 Å². The van der Waals surface area contributed by atoms with Crippen LogP contribution in [-0.2, 0) is 23.8 Å². The number of hydrogen-bond donors (Lipinski definition) is 2. The third-order valence-electron chi connectivity index (χ3n) is 3.92. The summed E-state index contributed by atoms with van der Waals surface area (Å²) in [6.45, 7) is 1.64. The molecule has 138 valence electrons. The Kier molecular flexibility index (Phi) is 6.02. The number of carbonyl (C=O) groups excluding carboxylic acids is 1. The van der Waals surface area contributed by atoms with Gasteiger partial charge in [0.05, 0.1) is 16.8 Å². The normalized spacial score (nSPS) is 11.2. The lowest BCUT2D eigenvalue weighted by atomic mass is 9.98. The number of alkyl halides is 3. The highest BCUT2D eigenvalue weighted by molar-refractivity contribution is 6.00. The van der Waals surface area contributed by atoms with Crippen LogP contribution in [-0.4, -0.2) is 17.0 Å². The Morgan fingerprint density at radius 3 is 2.38 bits per heavy atom. The van der Waals surface area contributed by atoms with Crippen LogP contribution in [0.3, 0.4) is 0 Å². The summed E-state index contributed by atoms with van der Waals surface area (Å²) < 4.78 is 39.1. The van der Waals surface area contributed by atoms with Gasteiger partial charge >= 0.3 is 12.1 Å². The van der Waals surface area contributed by atoms with Crippen LogP contribution in [0, 0.1) is 0 Å². The Hall–Kier alpha value is -2.83. The molecule has 0 spiro atoms. The summed E-state index contributed by atoms with van der Waals surface area (Å²) in [5.41, 5.74) is 0.122. The average molecular weight is 365 g/mol. The van der Waals surface area contributed by atoms with Crippen LogP contribution in [0.1, 0.15) is 40.4 Å². The molecule has 0 aliphatic heterocycles. The quantitative estimate of drug-likeness (QED) is 0.790. The molecule has 4 nitrogen and oxygen atoms in total. The molecule has 0 saturated carbocycles. The molecule has 0 fully saturated rings. The number of benzene rings is 2. The minimum atomic E-state index is -4.43. The molecule has 7 heteroatoms. The topological polar surface area (TPSA) is 66.4 Å². The highest BCUT2D eigenvalue weighted by Gasteiger charge is 2.32. The van der Waals surface area contributed by atoms with Crippen molar-refractivity contribution >= 4 is 17.6 Å². The lowest BCUT2D eigenvalue weighted by molar-refractivity contribution is -0.138. The van der Waals surface area contributed by atoms with Crippen LogP contribution >= 0.6 is 0 Å². The van der Waals surface area contributed by atoms with Crippen LogP contribution in [0.15, 0.2) is 42.5 Å². The minimum Gasteiger partial charge on any atom is -0.478 e. The number of nitrogens with one attached hydrogen (secondary N) is 1. The molecule has 0 aliphatic carbocycles. The van der Waals surface area contributed by atoms with E-state index < -0.39 is 17.7 Å². The van der Waals surface area contributed by atoms with Crippen molar-refractivity contribution in [3.8, 4) is 0 Å². The largest absolute Gasteiger partial charge is 0.478 e. The van der Waals surface area contributed by atoms with Gasteiger partial charge in [-0.2, -0.15) is 13.2 Å². The number of halogens is 3. The molecular weight excluding hydrogens is 347 g/mol. The number of rotatable bonds is 6. The highest BCUT2D eigenvalue weighted by atomic mass is 19.4. The second-order valence-corrected chi connectivity index (χ2v) is 5.74. The van der Waals surface area contributed by atoms with E-state index in [2.05, 4.69) is 5.32 Å². The summed E-state index contributed by atoms with van der Waals surface area (Å²) >= 11 is 0. The standard InChI is InChI=1S/C19H18F3NO3/c1-2-17(24)23-16-10-8-12(11-14(16)18(25)26)7-9-13-5-3-4-6-15(13)19(20,21)22/h3-6,8,10-11H,2,7,9H2,1H3,(H,23,24)(H,25,26). The molecule has 0 atom stereocenters. The van der Waals surface area contributed by atoms with Crippen LogP contribution in [0.2, 0.25) is 0 Å². The molecule has 2 aromatic carbocycles. The fourth-order valence-corrected chi connectivity index (χ4v) is 2.57. The Morgan fingerprint density at radius 1 is 1.08 bits per heavy atom. The van der Waals surface area contributed by atoms with Crippen molar-refractivity contribution in [1.29, 1.82) is 0 Å². The zero-order valence-corrected chi connectivity index (χ0v) is 14.1. The number of amides is 1. The molecule has 1 amide bonds.